The zero-order valence-corrected chi connectivity index (χ0v) is 11.2. The predicted octanol–water partition coefficient (Wildman–Crippen LogP) is 2.66. The maximum atomic E-state index is 3.49. The molecule has 15 heavy (non-hydrogen) atoms. The minimum Gasteiger partial charge on any atom is -0.309 e. The minimum atomic E-state index is 0.405. The summed E-state index contributed by atoms with van der Waals surface area (Å²) in [6.45, 7) is 4.27. The minimum absolute atomic E-state index is 0.405. The maximum absolute atomic E-state index is 3.49. The molecule has 1 aromatic carbocycles. The largest absolute Gasteiger partial charge is 0.309 e. The van der Waals surface area contributed by atoms with Gasteiger partial charge in [-0.3, -0.25) is 0 Å². The van der Waals surface area contributed by atoms with Gasteiger partial charge in [0.2, 0.25) is 0 Å². The summed E-state index contributed by atoms with van der Waals surface area (Å²) < 4.78 is 1.14. The van der Waals surface area contributed by atoms with Gasteiger partial charge < -0.3 is 10.2 Å². The first kappa shape index (κ1) is 12.7. The number of benzene rings is 1. The lowest BCUT2D eigenvalue weighted by atomic mass is 10.1. The predicted molar refractivity (Wildman–Crippen MR) is 69.1 cm³/mol. The molecule has 0 heterocycles. The molecule has 0 spiro atoms. The average molecular weight is 271 g/mol. The molecule has 0 unspecified atom stereocenters. The van der Waals surface area contributed by atoms with Crippen molar-refractivity contribution in [3.8, 4) is 0 Å². The Morgan fingerprint density at radius 1 is 1.40 bits per heavy atom. The van der Waals surface area contributed by atoms with Crippen LogP contribution in [0.2, 0.25) is 0 Å². The maximum Gasteiger partial charge on any atom is 0.0292 e. The van der Waals surface area contributed by atoms with Crippen LogP contribution in [0.15, 0.2) is 28.7 Å². The zero-order chi connectivity index (χ0) is 11.3. The van der Waals surface area contributed by atoms with Gasteiger partial charge in [-0.15, -0.1) is 0 Å². The summed E-state index contributed by atoms with van der Waals surface area (Å²) in [7, 11) is 4.18. The Kier molecular flexibility index (Phi) is 5.29. The Hall–Kier alpha value is -0.380. The van der Waals surface area contributed by atoms with Gasteiger partial charge in [0, 0.05) is 23.6 Å². The van der Waals surface area contributed by atoms with Crippen molar-refractivity contribution in [3.05, 3.63) is 34.3 Å². The molecule has 0 amide bonds. The van der Waals surface area contributed by atoms with Crippen molar-refractivity contribution in [2.24, 2.45) is 0 Å². The van der Waals surface area contributed by atoms with E-state index in [4.69, 9.17) is 0 Å². The number of likely N-dealkylation sites (N-methyl/N-ethyl adjacent to an activating group) is 1. The smallest absolute Gasteiger partial charge is 0.0292 e. The fourth-order valence-corrected chi connectivity index (χ4v) is 1.82. The summed E-state index contributed by atoms with van der Waals surface area (Å²) >= 11 is 3.49. The zero-order valence-electron chi connectivity index (χ0n) is 9.63. The quantitative estimate of drug-likeness (QED) is 0.885. The lowest BCUT2D eigenvalue weighted by Gasteiger charge is -2.16. The Labute approximate surface area is 101 Å². The van der Waals surface area contributed by atoms with Gasteiger partial charge in [-0.25, -0.2) is 0 Å². The van der Waals surface area contributed by atoms with E-state index in [1.807, 2.05) is 0 Å². The van der Waals surface area contributed by atoms with Gasteiger partial charge in [0.25, 0.3) is 0 Å². The van der Waals surface area contributed by atoms with Crippen molar-refractivity contribution < 1.29 is 0 Å². The van der Waals surface area contributed by atoms with Gasteiger partial charge in [0.15, 0.2) is 0 Å². The molecule has 1 N–H and O–H groups in total. The summed E-state index contributed by atoms with van der Waals surface area (Å²) in [5.74, 6) is 0. The average Bonchev–Trinajstić information content (AvgIpc) is 2.17. The van der Waals surface area contributed by atoms with E-state index in [1.54, 1.807) is 0 Å². The topological polar surface area (TPSA) is 15.3 Å². The van der Waals surface area contributed by atoms with E-state index >= 15 is 0 Å². The van der Waals surface area contributed by atoms with E-state index in [0.29, 0.717) is 6.04 Å². The molecule has 0 aromatic heterocycles. The Morgan fingerprint density at radius 3 is 2.73 bits per heavy atom. The third-order valence-electron chi connectivity index (χ3n) is 2.36. The first-order valence-corrected chi connectivity index (χ1v) is 6.02. The van der Waals surface area contributed by atoms with Crippen molar-refractivity contribution in [3.63, 3.8) is 0 Å². The van der Waals surface area contributed by atoms with E-state index in [0.717, 1.165) is 17.6 Å². The van der Waals surface area contributed by atoms with Gasteiger partial charge >= 0.3 is 0 Å². The number of nitrogens with zero attached hydrogens (tertiary/aromatic N) is 1. The van der Waals surface area contributed by atoms with Crippen LogP contribution in [0.5, 0.6) is 0 Å². The summed E-state index contributed by atoms with van der Waals surface area (Å²) in [6, 6.07) is 8.84. The summed E-state index contributed by atoms with van der Waals surface area (Å²) in [6.07, 6.45) is 0. The molecule has 0 aliphatic carbocycles. The first-order chi connectivity index (χ1) is 7.09. The Morgan fingerprint density at radius 2 is 2.13 bits per heavy atom. The summed E-state index contributed by atoms with van der Waals surface area (Å²) in [5, 5.41) is 3.49. The van der Waals surface area contributed by atoms with Crippen LogP contribution in [0, 0.1) is 0 Å². The van der Waals surface area contributed by atoms with Crippen molar-refractivity contribution in [2.75, 3.05) is 27.2 Å². The van der Waals surface area contributed by atoms with E-state index in [9.17, 15) is 0 Å². The van der Waals surface area contributed by atoms with Crippen LogP contribution in [0.25, 0.3) is 0 Å². The molecule has 1 aromatic rings. The fraction of sp³-hybridized carbons (Fsp3) is 0.500. The van der Waals surface area contributed by atoms with Crippen LogP contribution in [0.1, 0.15) is 18.5 Å². The molecule has 0 aliphatic heterocycles. The van der Waals surface area contributed by atoms with Gasteiger partial charge in [-0.2, -0.15) is 0 Å². The molecular weight excluding hydrogens is 252 g/mol. The molecule has 0 saturated heterocycles. The standard InChI is InChI=1S/C12H19BrN2/c1-10(14-7-8-15(2)3)11-5-4-6-12(13)9-11/h4-6,9-10,14H,7-8H2,1-3H3/t10-/m1/s1. The van der Waals surface area contributed by atoms with Gasteiger partial charge in [-0.05, 0) is 38.7 Å². The molecule has 0 saturated carbocycles. The molecule has 3 heteroatoms. The number of hydrogen-bond acceptors (Lipinski definition) is 2. The third kappa shape index (κ3) is 4.78. The normalized spacial score (nSPS) is 13.1. The molecule has 1 atom stereocenters. The van der Waals surface area contributed by atoms with E-state index in [1.165, 1.54) is 5.56 Å². The molecule has 1 rings (SSSR count). The van der Waals surface area contributed by atoms with Crippen molar-refractivity contribution >= 4 is 15.9 Å². The highest BCUT2D eigenvalue weighted by Crippen LogP contribution is 2.17. The highest BCUT2D eigenvalue weighted by Gasteiger charge is 2.04. The first-order valence-electron chi connectivity index (χ1n) is 5.23. The van der Waals surface area contributed by atoms with Gasteiger partial charge in [0.1, 0.15) is 0 Å². The Balaban J connectivity index is 2.43. The second-order valence-electron chi connectivity index (χ2n) is 4.03. The molecule has 0 fully saturated rings. The number of nitrogens with one attached hydrogen (secondary N) is 1. The fourth-order valence-electron chi connectivity index (χ4n) is 1.40. The molecule has 0 bridgehead atoms. The second-order valence-corrected chi connectivity index (χ2v) is 4.95. The monoisotopic (exact) mass is 270 g/mol. The van der Waals surface area contributed by atoms with E-state index in [-0.39, 0.29) is 0 Å². The number of rotatable bonds is 5. The lowest BCUT2D eigenvalue weighted by molar-refractivity contribution is 0.389. The molecule has 84 valence electrons. The summed E-state index contributed by atoms with van der Waals surface area (Å²) in [4.78, 5) is 2.18. The number of hydrogen-bond donors (Lipinski definition) is 1. The summed E-state index contributed by atoms with van der Waals surface area (Å²) in [5.41, 5.74) is 1.32. The number of halogens is 1. The van der Waals surface area contributed by atoms with Crippen molar-refractivity contribution in [1.82, 2.24) is 10.2 Å². The van der Waals surface area contributed by atoms with E-state index < -0.39 is 0 Å². The van der Waals surface area contributed by atoms with Crippen LogP contribution in [0.3, 0.4) is 0 Å². The lowest BCUT2D eigenvalue weighted by Crippen LogP contribution is -2.28. The van der Waals surface area contributed by atoms with Gasteiger partial charge in [-0.1, -0.05) is 28.1 Å². The molecular formula is C12H19BrN2. The molecule has 0 aliphatic rings. The van der Waals surface area contributed by atoms with Gasteiger partial charge in [0.05, 0.1) is 0 Å². The van der Waals surface area contributed by atoms with Crippen molar-refractivity contribution in [2.45, 2.75) is 13.0 Å². The highest BCUT2D eigenvalue weighted by molar-refractivity contribution is 9.10. The van der Waals surface area contributed by atoms with Crippen LogP contribution < -0.4 is 5.32 Å². The SMILES string of the molecule is C[C@@H](NCCN(C)C)c1cccc(Br)c1. The van der Waals surface area contributed by atoms with Crippen LogP contribution in [-0.4, -0.2) is 32.1 Å². The van der Waals surface area contributed by atoms with Crippen LogP contribution in [0.4, 0.5) is 0 Å². The molecule has 0 radical (unpaired) electrons. The highest BCUT2D eigenvalue weighted by atomic mass is 79.9. The third-order valence-corrected chi connectivity index (χ3v) is 2.85. The van der Waals surface area contributed by atoms with Crippen LogP contribution >= 0.6 is 15.9 Å². The van der Waals surface area contributed by atoms with Crippen molar-refractivity contribution in [1.29, 1.82) is 0 Å². The van der Waals surface area contributed by atoms with E-state index in [2.05, 4.69) is 71.4 Å². The second kappa shape index (κ2) is 6.26. The Bertz CT molecular complexity index is 299. The molecule has 2 nitrogen and oxygen atoms in total. The van der Waals surface area contributed by atoms with Crippen LogP contribution in [-0.2, 0) is 0 Å².